The summed E-state index contributed by atoms with van der Waals surface area (Å²) in [4.78, 5) is 0.428. The first-order valence-corrected chi connectivity index (χ1v) is 9.84. The molecule has 0 aliphatic carbocycles. The third-order valence-corrected chi connectivity index (χ3v) is 7.89. The lowest BCUT2D eigenvalue weighted by Crippen LogP contribution is -2.48. The van der Waals surface area contributed by atoms with E-state index in [2.05, 4.69) is 6.26 Å². The highest BCUT2D eigenvalue weighted by Gasteiger charge is 2.37. The molecule has 6 heteroatoms. The second kappa shape index (κ2) is 6.28. The Morgan fingerprint density at radius 3 is 2.38 bits per heavy atom. The maximum atomic E-state index is 12.8. The molecule has 0 saturated carbocycles. The van der Waals surface area contributed by atoms with Gasteiger partial charge in [-0.3, -0.25) is 0 Å². The van der Waals surface area contributed by atoms with Gasteiger partial charge in [0.1, 0.15) is 0 Å². The standard InChI is InChI=1S/C15H24N2O2S2/c1-12-4-5-14(13(2)10-12)21(18,19)17-8-6-15(11-16,20-3)7-9-17/h4-5,10H,6-9,11,16H2,1-3H3. The van der Waals surface area contributed by atoms with Crippen LogP contribution in [0.1, 0.15) is 24.0 Å². The summed E-state index contributed by atoms with van der Waals surface area (Å²) < 4.78 is 27.2. The third kappa shape index (κ3) is 3.28. The fourth-order valence-electron chi connectivity index (χ4n) is 2.85. The molecular formula is C15H24N2O2S2. The lowest BCUT2D eigenvalue weighted by Gasteiger charge is -2.39. The zero-order chi connectivity index (χ0) is 15.7. The largest absolute Gasteiger partial charge is 0.329 e. The number of nitrogens with zero attached hydrogens (tertiary/aromatic N) is 1. The molecule has 1 aliphatic heterocycles. The van der Waals surface area contributed by atoms with Crippen LogP contribution in [0.25, 0.3) is 0 Å². The molecule has 1 aromatic rings. The summed E-state index contributed by atoms with van der Waals surface area (Å²) in [5.74, 6) is 0. The molecule has 0 atom stereocenters. The molecule has 0 radical (unpaired) electrons. The van der Waals surface area contributed by atoms with Gasteiger partial charge in [-0.25, -0.2) is 8.42 Å². The van der Waals surface area contributed by atoms with Crippen molar-refractivity contribution in [3.63, 3.8) is 0 Å². The Bertz CT molecular complexity index is 600. The van der Waals surface area contributed by atoms with E-state index in [1.807, 2.05) is 26.0 Å². The van der Waals surface area contributed by atoms with E-state index in [0.29, 0.717) is 24.5 Å². The first-order valence-electron chi connectivity index (χ1n) is 7.17. The molecule has 2 N–H and O–H groups in total. The topological polar surface area (TPSA) is 63.4 Å². The first kappa shape index (κ1) is 16.8. The minimum Gasteiger partial charge on any atom is -0.329 e. The number of thioether (sulfide) groups is 1. The minimum absolute atomic E-state index is 0.0361. The van der Waals surface area contributed by atoms with E-state index in [9.17, 15) is 8.42 Å². The smallest absolute Gasteiger partial charge is 0.243 e. The van der Waals surface area contributed by atoms with Crippen LogP contribution in [0.15, 0.2) is 23.1 Å². The molecule has 0 bridgehead atoms. The second-order valence-corrected chi connectivity index (χ2v) is 8.94. The van der Waals surface area contributed by atoms with Gasteiger partial charge in [-0.05, 0) is 44.6 Å². The van der Waals surface area contributed by atoms with Crippen molar-refractivity contribution in [3.05, 3.63) is 29.3 Å². The molecule has 1 fully saturated rings. The van der Waals surface area contributed by atoms with E-state index in [4.69, 9.17) is 5.73 Å². The normalized spacial score (nSPS) is 19.6. The van der Waals surface area contributed by atoms with Gasteiger partial charge in [0.25, 0.3) is 0 Å². The van der Waals surface area contributed by atoms with Gasteiger partial charge in [0.2, 0.25) is 10.0 Å². The molecule has 118 valence electrons. The fraction of sp³-hybridized carbons (Fsp3) is 0.600. The number of hydrogen-bond donors (Lipinski definition) is 1. The maximum Gasteiger partial charge on any atom is 0.243 e. The average molecular weight is 329 g/mol. The Kier molecular flexibility index (Phi) is 5.03. The first-order chi connectivity index (χ1) is 9.84. The number of sulfonamides is 1. The summed E-state index contributed by atoms with van der Waals surface area (Å²) in [5.41, 5.74) is 7.76. The summed E-state index contributed by atoms with van der Waals surface area (Å²) in [6, 6.07) is 5.50. The van der Waals surface area contributed by atoms with E-state index >= 15 is 0 Å². The molecule has 2 rings (SSSR count). The lowest BCUT2D eigenvalue weighted by atomic mass is 9.97. The molecule has 1 saturated heterocycles. The van der Waals surface area contributed by atoms with Crippen LogP contribution in [0.3, 0.4) is 0 Å². The van der Waals surface area contributed by atoms with E-state index in [0.717, 1.165) is 24.0 Å². The summed E-state index contributed by atoms with van der Waals surface area (Å²) in [5, 5.41) is 0. The number of benzene rings is 1. The van der Waals surface area contributed by atoms with Crippen molar-refractivity contribution in [3.8, 4) is 0 Å². The van der Waals surface area contributed by atoms with Crippen LogP contribution in [0, 0.1) is 13.8 Å². The number of hydrogen-bond acceptors (Lipinski definition) is 4. The van der Waals surface area contributed by atoms with Gasteiger partial charge < -0.3 is 5.73 Å². The Hall–Kier alpha value is -0.560. The lowest BCUT2D eigenvalue weighted by molar-refractivity contribution is 0.301. The fourth-order valence-corrected chi connectivity index (χ4v) is 5.26. The van der Waals surface area contributed by atoms with Crippen LogP contribution in [-0.2, 0) is 10.0 Å². The van der Waals surface area contributed by atoms with Gasteiger partial charge in [-0.15, -0.1) is 0 Å². The van der Waals surface area contributed by atoms with Crippen molar-refractivity contribution in [1.29, 1.82) is 0 Å². The van der Waals surface area contributed by atoms with Crippen LogP contribution in [0.4, 0.5) is 0 Å². The molecule has 0 spiro atoms. The molecule has 1 aromatic carbocycles. The van der Waals surface area contributed by atoms with Gasteiger partial charge in [-0.2, -0.15) is 16.1 Å². The average Bonchev–Trinajstić information content (AvgIpc) is 2.47. The highest BCUT2D eigenvalue weighted by Crippen LogP contribution is 2.35. The van der Waals surface area contributed by atoms with Gasteiger partial charge in [0, 0.05) is 24.4 Å². The molecule has 0 unspecified atom stereocenters. The molecule has 1 heterocycles. The van der Waals surface area contributed by atoms with E-state index in [1.54, 1.807) is 22.1 Å². The van der Waals surface area contributed by atoms with Crippen molar-refractivity contribution in [2.75, 3.05) is 25.9 Å². The maximum absolute atomic E-state index is 12.8. The van der Waals surface area contributed by atoms with Crippen molar-refractivity contribution >= 4 is 21.8 Å². The molecular weight excluding hydrogens is 304 g/mol. The molecule has 1 aliphatic rings. The second-order valence-electron chi connectivity index (χ2n) is 5.76. The predicted octanol–water partition coefficient (Wildman–Crippen LogP) is 2.15. The predicted molar refractivity (Wildman–Crippen MR) is 89.2 cm³/mol. The van der Waals surface area contributed by atoms with Crippen molar-refractivity contribution < 1.29 is 8.42 Å². The van der Waals surface area contributed by atoms with Gasteiger partial charge in [-0.1, -0.05) is 17.7 Å². The Morgan fingerprint density at radius 1 is 1.29 bits per heavy atom. The molecule has 0 aromatic heterocycles. The third-order valence-electron chi connectivity index (χ3n) is 4.39. The molecule has 21 heavy (non-hydrogen) atoms. The van der Waals surface area contributed by atoms with E-state index in [1.165, 1.54) is 0 Å². The van der Waals surface area contributed by atoms with Crippen LogP contribution in [-0.4, -0.2) is 43.4 Å². The van der Waals surface area contributed by atoms with Crippen LogP contribution >= 0.6 is 11.8 Å². The number of rotatable bonds is 4. The van der Waals surface area contributed by atoms with Gasteiger partial charge in [0.15, 0.2) is 0 Å². The van der Waals surface area contributed by atoms with Gasteiger partial charge >= 0.3 is 0 Å². The Balaban J connectivity index is 2.22. The summed E-state index contributed by atoms with van der Waals surface area (Å²) >= 11 is 1.76. The summed E-state index contributed by atoms with van der Waals surface area (Å²) in [6.45, 7) is 5.53. The highest BCUT2D eigenvalue weighted by molar-refractivity contribution is 8.00. The summed E-state index contributed by atoms with van der Waals surface area (Å²) in [6.07, 6.45) is 3.69. The Labute approximate surface area is 132 Å². The number of aryl methyl sites for hydroxylation is 2. The van der Waals surface area contributed by atoms with Crippen molar-refractivity contribution in [1.82, 2.24) is 4.31 Å². The monoisotopic (exact) mass is 328 g/mol. The zero-order valence-electron chi connectivity index (χ0n) is 12.9. The molecule has 4 nitrogen and oxygen atoms in total. The van der Waals surface area contributed by atoms with Crippen LogP contribution in [0.2, 0.25) is 0 Å². The SMILES string of the molecule is CSC1(CN)CCN(S(=O)(=O)c2ccc(C)cc2C)CC1. The number of piperidine rings is 1. The number of nitrogens with two attached hydrogens (primary N) is 1. The van der Waals surface area contributed by atoms with Gasteiger partial charge in [0.05, 0.1) is 4.90 Å². The van der Waals surface area contributed by atoms with E-state index < -0.39 is 10.0 Å². The quantitative estimate of drug-likeness (QED) is 0.920. The van der Waals surface area contributed by atoms with E-state index in [-0.39, 0.29) is 4.75 Å². The summed E-state index contributed by atoms with van der Waals surface area (Å²) in [7, 11) is -3.39. The molecule has 0 amide bonds. The Morgan fingerprint density at radius 2 is 1.90 bits per heavy atom. The van der Waals surface area contributed by atoms with Crippen molar-refractivity contribution in [2.45, 2.75) is 36.3 Å². The van der Waals surface area contributed by atoms with Crippen LogP contribution < -0.4 is 5.73 Å². The highest BCUT2D eigenvalue weighted by atomic mass is 32.2. The zero-order valence-corrected chi connectivity index (χ0v) is 14.6. The van der Waals surface area contributed by atoms with Crippen LogP contribution in [0.5, 0.6) is 0 Å². The minimum atomic E-state index is -3.39. The van der Waals surface area contributed by atoms with Crippen molar-refractivity contribution in [2.24, 2.45) is 5.73 Å².